The first-order valence-corrected chi connectivity index (χ1v) is 48.9. The first-order valence-electron chi connectivity index (χ1n) is 48.9. The van der Waals surface area contributed by atoms with Crippen LogP contribution in [0.5, 0.6) is 0 Å². The number of hydrogen-bond donors (Lipinski definition) is 0. The van der Waals surface area contributed by atoms with Crippen LogP contribution in [0.2, 0.25) is 0 Å². The van der Waals surface area contributed by atoms with Crippen LogP contribution >= 0.6 is 0 Å². The maximum atomic E-state index is 2.62. The number of fused-ring (bicyclic) bond motifs is 3. The van der Waals surface area contributed by atoms with E-state index in [0.717, 1.165) is 100 Å². The molecule has 0 atom stereocenters. The Balaban J connectivity index is 1.01. The van der Waals surface area contributed by atoms with Gasteiger partial charge in [0.25, 0.3) is 0 Å². The second kappa shape index (κ2) is 34.9. The molecule has 0 aromatic heterocycles. The highest BCUT2D eigenvalue weighted by molar-refractivity contribution is 5.98. The third-order valence-corrected chi connectivity index (χ3v) is 28.6. The summed E-state index contributed by atoms with van der Waals surface area (Å²) in [7, 11) is 0. The average molecular weight is 1760 g/mol. The summed E-state index contributed by atoms with van der Waals surface area (Å²) in [6.45, 7) is 55.5. The molecular formula is C135H134. The zero-order chi connectivity index (χ0) is 95.4. The summed E-state index contributed by atoms with van der Waals surface area (Å²) < 4.78 is 0. The predicted octanol–water partition coefficient (Wildman–Crippen LogP) is 38.1. The molecule has 0 radical (unpaired) electrons. The summed E-state index contributed by atoms with van der Waals surface area (Å²) in [5, 5.41) is 0. The van der Waals surface area contributed by atoms with Gasteiger partial charge in [-0.2, -0.15) is 0 Å². The van der Waals surface area contributed by atoms with Crippen molar-refractivity contribution in [3.8, 4) is 156 Å². The molecule has 0 bridgehead atoms. The molecule has 135 heavy (non-hydrogen) atoms. The van der Waals surface area contributed by atoms with Gasteiger partial charge in [-0.3, -0.25) is 0 Å². The first kappa shape index (κ1) is 92.2. The lowest BCUT2D eigenvalue weighted by Crippen LogP contribution is -2.29. The molecule has 0 nitrogen and oxygen atoms in total. The van der Waals surface area contributed by atoms with E-state index in [0.29, 0.717) is 0 Å². The SMILES string of the molecule is CC(C)(C)c1ccc(-c2cc(-c3ccc(C(C)(C)C)cc3)cc(-c3cc(-c4cc(-c5ccc(C(C)(C)C)cc5)cc(-c5ccc(C(C)(C)C)cc5)c4)cc(C4(c5cc(-c6cc(-c7ccc(C(C)(C)C)cc7)cc(-c7ccc(C(C)(C)C)cc7)c6)cc(-c6cc(-c7ccc(C(C)(C)C)cc7)cc(-c7ccc(C(C)(C)C)cc7)c6)c5)c5ccccc5-c5c(-c6ccccc6)cccc54)c3)c2)cc1. The minimum atomic E-state index is -1.05. The maximum Gasteiger partial charge on any atom is 0.0714 e. The topological polar surface area (TPSA) is 0 Å². The molecule has 0 N–H and O–H groups in total. The van der Waals surface area contributed by atoms with Crippen molar-refractivity contribution in [2.24, 2.45) is 0 Å². The van der Waals surface area contributed by atoms with E-state index < -0.39 is 5.41 Å². The highest BCUT2D eigenvalue weighted by Gasteiger charge is 2.48. The monoisotopic (exact) mass is 1760 g/mol. The van der Waals surface area contributed by atoms with Gasteiger partial charge in [0.1, 0.15) is 0 Å². The Morgan fingerprint density at radius 3 is 0.489 bits per heavy atom. The molecule has 18 rings (SSSR count). The number of benzene rings is 17. The van der Waals surface area contributed by atoms with Crippen LogP contribution in [0.4, 0.5) is 0 Å². The standard InChI is InChI=1S/C135H134/c1-127(2,3)112-53-37-87(38-54-112)96-69-97(88-39-55-113(56-40-88)128(4,5)6)74-104(73-96)108-81-109(105-75-98(89-41-57-114(58-42-89)129(7,8)9)70-99(76-105)90-43-59-115(60-44-90)130(10,11)12)84-120(83-108)135(124-35-29-28-33-123(124)126-122(34-30-36-125(126)135)95-31-26-25-27-32-95)121-85-110(106-77-100(91-45-61-116(62-46-91)131(13,14)15)71-101(78-106)92-47-63-117(64-48-92)132(16,17)18)82-111(86-121)107-79-102(93-49-65-118(66-50-93)133(19,20)21)72-103(80-107)94-51-67-119(68-52-94)134(22,23)24/h25-86H,1-24H3. The van der Waals surface area contributed by atoms with E-state index in [1.165, 1.54) is 122 Å². The highest BCUT2D eigenvalue weighted by atomic mass is 14.5. The average Bonchev–Trinajstić information content (AvgIpc) is 1.53. The fourth-order valence-electron chi connectivity index (χ4n) is 20.1. The quantitative estimate of drug-likeness (QED) is 0.0960. The molecule has 674 valence electrons. The smallest absolute Gasteiger partial charge is 0.0622 e. The molecule has 0 spiro atoms. The lowest BCUT2D eigenvalue weighted by molar-refractivity contribution is 0.590. The van der Waals surface area contributed by atoms with E-state index in [2.05, 4.69) is 542 Å². The van der Waals surface area contributed by atoms with E-state index in [4.69, 9.17) is 0 Å². The van der Waals surface area contributed by atoms with E-state index in [-0.39, 0.29) is 43.3 Å². The van der Waals surface area contributed by atoms with Gasteiger partial charge in [0, 0.05) is 0 Å². The number of rotatable bonds is 15. The van der Waals surface area contributed by atoms with Crippen LogP contribution in [0.15, 0.2) is 376 Å². The van der Waals surface area contributed by atoms with Gasteiger partial charge in [0.05, 0.1) is 5.41 Å². The van der Waals surface area contributed by atoms with Gasteiger partial charge in [0.15, 0.2) is 0 Å². The summed E-state index contributed by atoms with van der Waals surface area (Å²) in [4.78, 5) is 0. The minimum Gasteiger partial charge on any atom is -0.0622 e. The van der Waals surface area contributed by atoms with Crippen molar-refractivity contribution < 1.29 is 0 Å². The zero-order valence-electron chi connectivity index (χ0n) is 84.3. The molecule has 1 aliphatic carbocycles. The fourth-order valence-corrected chi connectivity index (χ4v) is 20.1. The second-order valence-electron chi connectivity index (χ2n) is 46.8. The Bertz CT molecular complexity index is 6210. The molecular weight excluding hydrogens is 1620 g/mol. The normalized spacial score (nSPS) is 13.1. The predicted molar refractivity (Wildman–Crippen MR) is 584 cm³/mol. The van der Waals surface area contributed by atoms with Crippen molar-refractivity contribution in [2.75, 3.05) is 0 Å². The summed E-state index contributed by atoms with van der Waals surface area (Å²) in [6, 6.07) is 148. The van der Waals surface area contributed by atoms with Crippen molar-refractivity contribution in [1.82, 2.24) is 0 Å². The van der Waals surface area contributed by atoms with Crippen molar-refractivity contribution in [3.63, 3.8) is 0 Å². The van der Waals surface area contributed by atoms with Crippen LogP contribution in [0, 0.1) is 0 Å². The first-order chi connectivity index (χ1) is 63.8. The Kier molecular flexibility index (Phi) is 23.8. The number of hydrogen-bond acceptors (Lipinski definition) is 0. The van der Waals surface area contributed by atoms with E-state index >= 15 is 0 Å². The Morgan fingerprint density at radius 2 is 0.289 bits per heavy atom. The van der Waals surface area contributed by atoms with E-state index in [9.17, 15) is 0 Å². The maximum absolute atomic E-state index is 2.62. The Hall–Kier alpha value is -13.3. The Morgan fingerprint density at radius 1 is 0.126 bits per heavy atom. The largest absolute Gasteiger partial charge is 0.0714 e. The molecule has 0 saturated heterocycles. The van der Waals surface area contributed by atoms with Gasteiger partial charge in [-0.1, -0.05) is 433 Å². The summed E-state index contributed by atoms with van der Waals surface area (Å²) in [5.74, 6) is 0. The molecule has 0 aliphatic heterocycles. The molecule has 0 fully saturated rings. The van der Waals surface area contributed by atoms with Gasteiger partial charge in [-0.25, -0.2) is 0 Å². The van der Waals surface area contributed by atoms with E-state index in [1.807, 2.05) is 0 Å². The molecule has 0 unspecified atom stereocenters. The van der Waals surface area contributed by atoms with Crippen LogP contribution in [-0.2, 0) is 48.7 Å². The Labute approximate surface area is 807 Å². The van der Waals surface area contributed by atoms with Crippen LogP contribution in [-0.4, -0.2) is 0 Å². The minimum absolute atomic E-state index is 0.0364. The van der Waals surface area contributed by atoms with Crippen molar-refractivity contribution in [1.29, 1.82) is 0 Å². The molecule has 0 heterocycles. The molecule has 0 amide bonds. The van der Waals surface area contributed by atoms with Crippen LogP contribution in [0.1, 0.15) is 233 Å². The highest BCUT2D eigenvalue weighted by Crippen LogP contribution is 2.61. The van der Waals surface area contributed by atoms with Crippen LogP contribution in [0.25, 0.3) is 156 Å². The summed E-state index contributed by atoms with van der Waals surface area (Å²) in [6.07, 6.45) is 0. The van der Waals surface area contributed by atoms with E-state index in [1.54, 1.807) is 0 Å². The van der Waals surface area contributed by atoms with Crippen LogP contribution < -0.4 is 0 Å². The summed E-state index contributed by atoms with van der Waals surface area (Å²) in [5.41, 5.74) is 46.1. The molecule has 0 heteroatoms. The second-order valence-corrected chi connectivity index (χ2v) is 46.8. The van der Waals surface area contributed by atoms with Gasteiger partial charge in [0.2, 0.25) is 0 Å². The van der Waals surface area contributed by atoms with Crippen LogP contribution in [0.3, 0.4) is 0 Å². The molecule has 0 saturated carbocycles. The van der Waals surface area contributed by atoms with Crippen molar-refractivity contribution >= 4 is 0 Å². The lowest BCUT2D eigenvalue weighted by atomic mass is 9.66. The van der Waals surface area contributed by atoms with Gasteiger partial charge < -0.3 is 0 Å². The summed E-state index contributed by atoms with van der Waals surface area (Å²) >= 11 is 0. The van der Waals surface area contributed by atoms with Crippen molar-refractivity contribution in [3.05, 3.63) is 443 Å². The van der Waals surface area contributed by atoms with Gasteiger partial charge in [-0.15, -0.1) is 0 Å². The third-order valence-electron chi connectivity index (χ3n) is 28.6. The lowest BCUT2D eigenvalue weighted by Gasteiger charge is -2.36. The zero-order valence-corrected chi connectivity index (χ0v) is 84.3. The molecule has 17 aromatic carbocycles. The van der Waals surface area contributed by atoms with Gasteiger partial charge in [-0.05, 0) is 375 Å². The fraction of sp³-hybridized carbons (Fsp3) is 0.244. The van der Waals surface area contributed by atoms with Crippen molar-refractivity contribution in [2.45, 2.75) is 215 Å². The molecule has 17 aromatic rings. The third kappa shape index (κ3) is 18.9. The van der Waals surface area contributed by atoms with Gasteiger partial charge >= 0.3 is 0 Å². The molecule has 1 aliphatic rings.